The topological polar surface area (TPSA) is 102 Å². The van der Waals surface area contributed by atoms with Gasteiger partial charge in [0.25, 0.3) is 11.7 Å². The van der Waals surface area contributed by atoms with E-state index in [9.17, 15) is 14.4 Å². The highest BCUT2D eigenvalue weighted by Crippen LogP contribution is 2.46. The Hall–Kier alpha value is -3.55. The quantitative estimate of drug-likeness (QED) is 0.631. The average Bonchev–Trinajstić information content (AvgIpc) is 3.11. The molecule has 0 radical (unpaired) electrons. The van der Waals surface area contributed by atoms with Gasteiger partial charge in [-0.3, -0.25) is 14.4 Å². The lowest BCUT2D eigenvalue weighted by atomic mass is 9.94. The third-order valence-electron chi connectivity index (χ3n) is 5.96. The van der Waals surface area contributed by atoms with Crippen LogP contribution in [0.5, 0.6) is 11.5 Å². The van der Waals surface area contributed by atoms with Crippen molar-refractivity contribution in [1.29, 1.82) is 0 Å². The normalized spacial score (nSPS) is 16.5. The van der Waals surface area contributed by atoms with Gasteiger partial charge >= 0.3 is 11.1 Å². The molecule has 0 saturated heterocycles. The van der Waals surface area contributed by atoms with Crippen LogP contribution in [0.4, 0.5) is 5.69 Å². The molecule has 3 aromatic rings. The number of aromatic nitrogens is 2. The summed E-state index contributed by atoms with van der Waals surface area (Å²) >= 11 is 0. The molecule has 8 heteroatoms. The first-order valence-electron chi connectivity index (χ1n) is 10.6. The van der Waals surface area contributed by atoms with Gasteiger partial charge in [0.1, 0.15) is 0 Å². The molecule has 1 amide bonds. The zero-order valence-corrected chi connectivity index (χ0v) is 17.2. The second kappa shape index (κ2) is 7.30. The highest BCUT2D eigenvalue weighted by atomic mass is 16.7. The number of anilines is 1. The van der Waals surface area contributed by atoms with E-state index in [1.165, 1.54) is 11.0 Å². The van der Waals surface area contributed by atoms with Crippen molar-refractivity contribution in [3.05, 3.63) is 62.7 Å². The van der Waals surface area contributed by atoms with Crippen LogP contribution >= 0.6 is 0 Å². The highest BCUT2D eigenvalue weighted by molar-refractivity contribution is 6.06. The van der Waals surface area contributed by atoms with Gasteiger partial charge in [-0.1, -0.05) is 6.42 Å². The molecule has 160 valence electrons. The van der Waals surface area contributed by atoms with Gasteiger partial charge in [-0.05, 0) is 50.1 Å². The van der Waals surface area contributed by atoms with E-state index >= 15 is 0 Å². The lowest BCUT2D eigenvalue weighted by Crippen LogP contribution is -2.40. The summed E-state index contributed by atoms with van der Waals surface area (Å²) in [4.78, 5) is 39.3. The van der Waals surface area contributed by atoms with Gasteiger partial charge < -0.3 is 24.3 Å². The molecular formula is C23H23N3O5. The Kier molecular flexibility index (Phi) is 4.57. The molecule has 8 nitrogen and oxygen atoms in total. The number of benzene rings is 2. The number of hydrogen-bond acceptors (Lipinski definition) is 5. The molecule has 2 N–H and O–H groups in total. The van der Waals surface area contributed by atoms with Crippen LogP contribution in [0.1, 0.15) is 49.4 Å². The van der Waals surface area contributed by atoms with E-state index in [4.69, 9.17) is 9.47 Å². The van der Waals surface area contributed by atoms with Crippen molar-refractivity contribution in [1.82, 2.24) is 9.55 Å². The van der Waals surface area contributed by atoms with Crippen molar-refractivity contribution in [3.63, 3.8) is 0 Å². The maximum Gasteiger partial charge on any atom is 0.316 e. The first kappa shape index (κ1) is 19.4. The molecule has 1 saturated carbocycles. The Balaban J connectivity index is 1.39. The zero-order valence-electron chi connectivity index (χ0n) is 17.2. The number of carbonyl (C=O) groups excluding carboxylic acids is 1. The fourth-order valence-corrected chi connectivity index (χ4v) is 4.40. The number of aromatic amines is 1. The van der Waals surface area contributed by atoms with Gasteiger partial charge in [-0.25, -0.2) is 0 Å². The van der Waals surface area contributed by atoms with Crippen LogP contribution in [0.25, 0.3) is 11.0 Å². The van der Waals surface area contributed by atoms with Crippen LogP contribution in [0.3, 0.4) is 0 Å². The summed E-state index contributed by atoms with van der Waals surface area (Å²) in [5.41, 5.74) is 0.648. The third kappa shape index (κ3) is 3.37. The van der Waals surface area contributed by atoms with Gasteiger partial charge in [0.15, 0.2) is 11.5 Å². The molecular weight excluding hydrogens is 398 g/mol. The van der Waals surface area contributed by atoms with Crippen LogP contribution in [0, 0.1) is 0 Å². The highest BCUT2D eigenvalue weighted by Gasteiger charge is 2.42. The van der Waals surface area contributed by atoms with Crippen LogP contribution in [-0.4, -0.2) is 21.2 Å². The predicted octanol–water partition coefficient (Wildman–Crippen LogP) is 3.39. The molecule has 1 fully saturated rings. The minimum absolute atomic E-state index is 0.330. The Morgan fingerprint density at radius 2 is 1.84 bits per heavy atom. The Morgan fingerprint density at radius 1 is 1.06 bits per heavy atom. The van der Waals surface area contributed by atoms with Gasteiger partial charge in [0.2, 0.25) is 0 Å². The van der Waals surface area contributed by atoms with Crippen molar-refractivity contribution in [2.24, 2.45) is 0 Å². The number of ether oxygens (including phenoxy) is 2. The van der Waals surface area contributed by atoms with E-state index in [0.717, 1.165) is 25.7 Å². The second-order valence-corrected chi connectivity index (χ2v) is 8.03. The molecule has 1 aromatic heterocycles. The summed E-state index contributed by atoms with van der Waals surface area (Å²) in [5.74, 6) is 0.432. The Labute approximate surface area is 177 Å². The largest absolute Gasteiger partial charge is 0.448 e. The standard InChI is InChI=1S/C23H23N3O5/c1-2-26-17-8-6-14(12-16(17)25-21(28)22(26)29)20(27)24-15-7-9-18-19(13-15)31-23(30-18)10-4-3-5-11-23/h6-9,12-13H,2-5,10-11H2,1H3,(H,24,27)(H,25,28). The number of carbonyl (C=O) groups is 1. The van der Waals surface area contributed by atoms with Crippen molar-refractivity contribution in [2.75, 3.05) is 5.32 Å². The number of nitrogens with zero attached hydrogens (tertiary/aromatic N) is 1. The molecule has 1 aliphatic carbocycles. The zero-order chi connectivity index (χ0) is 21.6. The number of H-pyrrole nitrogens is 1. The van der Waals surface area contributed by atoms with Gasteiger partial charge in [0, 0.05) is 36.7 Å². The molecule has 2 aromatic carbocycles. The average molecular weight is 421 g/mol. The van der Waals surface area contributed by atoms with Crippen molar-refractivity contribution in [2.45, 2.75) is 51.4 Å². The SMILES string of the molecule is CCn1c(=O)c(=O)[nH]c2cc(C(=O)Nc3ccc4c(c3)OC3(CCCCC3)O4)ccc21. The summed E-state index contributed by atoms with van der Waals surface area (Å²) in [7, 11) is 0. The number of aryl methyl sites for hydroxylation is 1. The summed E-state index contributed by atoms with van der Waals surface area (Å²) in [6.45, 7) is 2.15. The van der Waals surface area contributed by atoms with E-state index in [1.54, 1.807) is 37.3 Å². The van der Waals surface area contributed by atoms with Crippen LogP contribution < -0.4 is 25.9 Å². The molecule has 1 spiro atoms. The first-order valence-corrected chi connectivity index (χ1v) is 10.6. The summed E-state index contributed by atoms with van der Waals surface area (Å²) in [6, 6.07) is 10.2. The van der Waals surface area contributed by atoms with E-state index in [-0.39, 0.29) is 5.91 Å². The van der Waals surface area contributed by atoms with Crippen molar-refractivity contribution in [3.8, 4) is 11.5 Å². The number of hydrogen-bond donors (Lipinski definition) is 2. The third-order valence-corrected chi connectivity index (χ3v) is 5.96. The van der Waals surface area contributed by atoms with Crippen molar-refractivity contribution >= 4 is 22.6 Å². The number of nitrogens with one attached hydrogen (secondary N) is 2. The molecule has 2 heterocycles. The maximum absolute atomic E-state index is 12.8. The molecule has 0 unspecified atom stereocenters. The smallest absolute Gasteiger partial charge is 0.316 e. The Bertz CT molecular complexity index is 1300. The fourth-order valence-electron chi connectivity index (χ4n) is 4.40. The number of fused-ring (bicyclic) bond motifs is 2. The predicted molar refractivity (Wildman–Crippen MR) is 116 cm³/mol. The summed E-state index contributed by atoms with van der Waals surface area (Å²) in [5, 5.41) is 2.86. The summed E-state index contributed by atoms with van der Waals surface area (Å²) < 4.78 is 13.6. The minimum Gasteiger partial charge on any atom is -0.448 e. The fraction of sp³-hybridized carbons (Fsp3) is 0.348. The number of amides is 1. The molecule has 0 bridgehead atoms. The van der Waals surface area contributed by atoms with Crippen LogP contribution in [-0.2, 0) is 6.54 Å². The molecule has 31 heavy (non-hydrogen) atoms. The minimum atomic E-state index is -0.709. The summed E-state index contributed by atoms with van der Waals surface area (Å²) in [6.07, 6.45) is 5.07. The van der Waals surface area contributed by atoms with Gasteiger partial charge in [0.05, 0.1) is 11.0 Å². The first-order chi connectivity index (χ1) is 15.0. The second-order valence-electron chi connectivity index (χ2n) is 8.03. The Morgan fingerprint density at radius 3 is 2.61 bits per heavy atom. The molecule has 1 aliphatic heterocycles. The van der Waals surface area contributed by atoms with Gasteiger partial charge in [-0.2, -0.15) is 0 Å². The lowest BCUT2D eigenvalue weighted by molar-refractivity contribution is -0.105. The van der Waals surface area contributed by atoms with E-state index < -0.39 is 16.9 Å². The monoisotopic (exact) mass is 421 g/mol. The van der Waals surface area contributed by atoms with Crippen LogP contribution in [0.2, 0.25) is 0 Å². The number of rotatable bonds is 3. The molecule has 5 rings (SSSR count). The van der Waals surface area contributed by atoms with Crippen LogP contribution in [0.15, 0.2) is 46.0 Å². The maximum atomic E-state index is 12.8. The molecule has 0 atom stereocenters. The molecule has 2 aliphatic rings. The van der Waals surface area contributed by atoms with E-state index in [1.807, 2.05) is 6.07 Å². The van der Waals surface area contributed by atoms with E-state index in [2.05, 4.69) is 10.3 Å². The lowest BCUT2D eigenvalue weighted by Gasteiger charge is -2.31. The van der Waals surface area contributed by atoms with Gasteiger partial charge in [-0.15, -0.1) is 0 Å². The van der Waals surface area contributed by atoms with Crippen molar-refractivity contribution < 1.29 is 14.3 Å². The van der Waals surface area contributed by atoms with E-state index in [0.29, 0.717) is 40.3 Å².